The Morgan fingerprint density at radius 2 is 1.07 bits per heavy atom. The lowest BCUT2D eigenvalue weighted by Crippen LogP contribution is -2.16. The van der Waals surface area contributed by atoms with Gasteiger partial charge in [0.05, 0.1) is 17.1 Å². The number of pyridine rings is 2. The normalized spacial score (nSPS) is 15.9. The number of hydrogen-bond donors (Lipinski definition) is 2. The van der Waals surface area contributed by atoms with Crippen molar-refractivity contribution in [2.75, 3.05) is 17.2 Å². The van der Waals surface area contributed by atoms with Gasteiger partial charge in [0.15, 0.2) is 0 Å². The quantitative estimate of drug-likeness (QED) is 0.180. The number of anilines is 2. The lowest BCUT2D eigenvalue weighted by atomic mass is 9.82. The van der Waals surface area contributed by atoms with Gasteiger partial charge in [0.2, 0.25) is 5.91 Å². The molecule has 0 unspecified atom stereocenters. The predicted octanol–water partition coefficient (Wildman–Crippen LogP) is 9.84. The highest BCUT2D eigenvalue weighted by Crippen LogP contribution is 2.47. The van der Waals surface area contributed by atoms with Gasteiger partial charge in [-0.25, -0.2) is 9.97 Å². The van der Waals surface area contributed by atoms with Crippen LogP contribution in [0.2, 0.25) is 0 Å². The fourth-order valence-electron chi connectivity index (χ4n) is 9.80. The van der Waals surface area contributed by atoms with Gasteiger partial charge < -0.3 is 19.8 Å². The summed E-state index contributed by atoms with van der Waals surface area (Å²) in [6.07, 6.45) is 15.5. The number of amides is 1. The first kappa shape index (κ1) is 41.0. The number of aromatic nitrogens is 4. The molecule has 0 bridgehead atoms. The summed E-state index contributed by atoms with van der Waals surface area (Å²) < 4.78 is 4.66. The van der Waals surface area contributed by atoms with Crippen molar-refractivity contribution in [3.8, 4) is 22.5 Å². The molecular formula is C48H52N6O5. The van der Waals surface area contributed by atoms with Crippen molar-refractivity contribution in [3.05, 3.63) is 95.3 Å². The second-order valence-corrected chi connectivity index (χ2v) is 15.7. The van der Waals surface area contributed by atoms with Crippen LogP contribution in [0.25, 0.3) is 44.6 Å². The third-order valence-electron chi connectivity index (χ3n) is 12.3. The minimum Gasteiger partial charge on any atom is -0.383 e. The molecule has 0 saturated heterocycles. The van der Waals surface area contributed by atoms with Crippen molar-refractivity contribution < 1.29 is 24.0 Å². The van der Waals surface area contributed by atoms with E-state index in [9.17, 15) is 4.79 Å². The van der Waals surface area contributed by atoms with E-state index in [1.807, 2.05) is 12.1 Å². The molecule has 11 nitrogen and oxygen atoms in total. The third-order valence-corrected chi connectivity index (χ3v) is 12.3. The van der Waals surface area contributed by atoms with Gasteiger partial charge in [-0.15, -0.1) is 0 Å². The minimum atomic E-state index is 0.0250. The summed E-state index contributed by atoms with van der Waals surface area (Å²) in [6.45, 7) is 6.58. The number of nitrogens with one attached hydrogen (secondary N) is 2. The first-order valence-corrected chi connectivity index (χ1v) is 21.2. The molecule has 2 aromatic carbocycles. The largest absolute Gasteiger partial charge is 0.383 e. The maximum atomic E-state index is 12.6. The van der Waals surface area contributed by atoms with Crippen LogP contribution in [0.4, 0.5) is 11.4 Å². The smallest absolute Gasteiger partial charge is 0.373 e. The van der Waals surface area contributed by atoms with Gasteiger partial charge in [0.1, 0.15) is 17.8 Å². The first-order valence-electron chi connectivity index (χ1n) is 21.2. The van der Waals surface area contributed by atoms with E-state index in [1.165, 1.54) is 115 Å². The zero-order valence-electron chi connectivity index (χ0n) is 34.0. The number of aryl methyl sites for hydroxylation is 2. The van der Waals surface area contributed by atoms with E-state index >= 15 is 0 Å². The predicted molar refractivity (Wildman–Crippen MR) is 228 cm³/mol. The first-order chi connectivity index (χ1) is 29.0. The Labute approximate surface area is 344 Å². The Kier molecular flexibility index (Phi) is 13.3. The van der Waals surface area contributed by atoms with E-state index in [1.54, 1.807) is 5.56 Å². The number of nitrogens with zero attached hydrogens (tertiary/aromatic N) is 4. The molecule has 6 aromatic rings. The summed E-state index contributed by atoms with van der Waals surface area (Å²) in [5.74, 6) is 1.24. The van der Waals surface area contributed by atoms with E-state index in [-0.39, 0.29) is 18.2 Å². The molecule has 2 aliphatic heterocycles. The van der Waals surface area contributed by atoms with Gasteiger partial charge in [0.25, 0.3) is 0 Å². The Morgan fingerprint density at radius 1 is 0.610 bits per heavy atom. The number of rotatable bonds is 4. The fourth-order valence-corrected chi connectivity index (χ4v) is 9.80. The van der Waals surface area contributed by atoms with E-state index in [0.717, 1.165) is 48.5 Å². The molecule has 4 aliphatic rings. The van der Waals surface area contributed by atoms with Crippen LogP contribution in [-0.4, -0.2) is 43.9 Å². The molecule has 59 heavy (non-hydrogen) atoms. The minimum absolute atomic E-state index is 0.0250. The molecule has 11 heteroatoms. The van der Waals surface area contributed by atoms with Gasteiger partial charge in [0, 0.05) is 52.1 Å². The van der Waals surface area contributed by atoms with E-state index in [0.29, 0.717) is 18.4 Å². The molecule has 10 rings (SSSR count). The Balaban J connectivity index is 0.000000158. The number of carbonyl (C=O) groups excluding carboxylic acids is 5. The van der Waals surface area contributed by atoms with Crippen molar-refractivity contribution in [2.45, 2.75) is 116 Å². The molecule has 6 heterocycles. The van der Waals surface area contributed by atoms with Crippen LogP contribution >= 0.6 is 0 Å². The molecule has 1 amide bonds. The van der Waals surface area contributed by atoms with Gasteiger partial charge in [-0.2, -0.15) is 19.2 Å². The number of hydrogen-bond acceptors (Lipinski definition) is 8. The lowest BCUT2D eigenvalue weighted by Gasteiger charge is -2.23. The second kappa shape index (κ2) is 19.1. The zero-order chi connectivity index (χ0) is 41.3. The average Bonchev–Trinajstić information content (AvgIpc) is 3.61. The van der Waals surface area contributed by atoms with Crippen molar-refractivity contribution >= 4 is 51.7 Å². The van der Waals surface area contributed by atoms with Crippen LogP contribution in [0.5, 0.6) is 0 Å². The van der Waals surface area contributed by atoms with Gasteiger partial charge >= 0.3 is 12.3 Å². The Hall–Kier alpha value is -6.15. The zero-order valence-corrected chi connectivity index (χ0v) is 34.0. The highest BCUT2D eigenvalue weighted by atomic mass is 16.2. The average molecular weight is 793 g/mol. The Bertz CT molecular complexity index is 2500. The van der Waals surface area contributed by atoms with Crippen LogP contribution in [0.1, 0.15) is 112 Å². The maximum absolute atomic E-state index is 12.6. The topological polar surface area (TPSA) is 145 Å². The van der Waals surface area contributed by atoms with Crippen LogP contribution in [-0.2, 0) is 49.9 Å². The molecule has 2 aliphatic carbocycles. The standard InChI is InChI=1S/C23H25N3O.C23H27N3.2CO2/c1-2-16-12-13-18-21(15-8-4-3-5-9-15)22-17-10-6-7-11-19(17)25-20(27)14-26(22)23(18)24-16;1-2-17-12-13-19-21(16-8-4-3-5-9-16)22-18-10-6-7-11-20(18)24-14-15-26(22)23(19)25-17;2*2-1-3/h6-7,10-13,15H,2-5,8-9,14H2,1H3,(H,25,27);6-7,10-13,16,24H,2-5,8-9,14-15H2,1H3;;. The van der Waals surface area contributed by atoms with Crippen LogP contribution in [0.3, 0.4) is 0 Å². The van der Waals surface area contributed by atoms with Gasteiger partial charge in [-0.3, -0.25) is 4.79 Å². The Morgan fingerprint density at radius 3 is 1.59 bits per heavy atom. The molecule has 2 N–H and O–H groups in total. The summed E-state index contributed by atoms with van der Waals surface area (Å²) in [5.41, 5.74) is 14.7. The van der Waals surface area contributed by atoms with E-state index in [4.69, 9.17) is 29.1 Å². The number of carbonyl (C=O) groups is 1. The number of para-hydroxylation sites is 2. The third kappa shape index (κ3) is 8.40. The molecule has 0 radical (unpaired) electrons. The highest BCUT2D eigenvalue weighted by molar-refractivity contribution is 6.02. The van der Waals surface area contributed by atoms with Crippen LogP contribution in [0, 0.1) is 0 Å². The van der Waals surface area contributed by atoms with Crippen molar-refractivity contribution in [2.24, 2.45) is 0 Å². The highest BCUT2D eigenvalue weighted by Gasteiger charge is 2.32. The molecule has 0 spiro atoms. The molecule has 4 aromatic heterocycles. The molecule has 2 saturated carbocycles. The van der Waals surface area contributed by atoms with Crippen molar-refractivity contribution in [1.82, 2.24) is 19.1 Å². The molecule has 2 fully saturated rings. The monoisotopic (exact) mass is 792 g/mol. The van der Waals surface area contributed by atoms with E-state index in [2.05, 4.69) is 94.3 Å². The summed E-state index contributed by atoms with van der Waals surface area (Å²) in [5, 5.41) is 9.35. The van der Waals surface area contributed by atoms with Gasteiger partial charge in [-0.1, -0.05) is 88.8 Å². The fraction of sp³-hybridized carbons (Fsp3) is 0.396. The summed E-state index contributed by atoms with van der Waals surface area (Å²) in [4.78, 5) is 55.2. The van der Waals surface area contributed by atoms with Gasteiger partial charge in [-0.05, 0) is 97.9 Å². The number of fused-ring (bicyclic) bond motifs is 10. The van der Waals surface area contributed by atoms with E-state index < -0.39 is 0 Å². The summed E-state index contributed by atoms with van der Waals surface area (Å²) >= 11 is 0. The van der Waals surface area contributed by atoms with Crippen molar-refractivity contribution in [1.29, 1.82) is 0 Å². The van der Waals surface area contributed by atoms with Crippen LogP contribution in [0.15, 0.2) is 72.8 Å². The van der Waals surface area contributed by atoms with Crippen molar-refractivity contribution in [3.63, 3.8) is 0 Å². The molecular weight excluding hydrogens is 741 g/mol. The summed E-state index contributed by atoms with van der Waals surface area (Å²) in [7, 11) is 0. The molecule has 0 atom stereocenters. The number of benzene rings is 2. The maximum Gasteiger partial charge on any atom is 0.373 e. The lowest BCUT2D eigenvalue weighted by molar-refractivity contribution is -0.193. The SMILES string of the molecule is CCc1ccc2c(C3CCCCC3)c3n(c2n1)CC(=O)Nc1ccccc1-3.CCc1ccc2c(C3CCCCC3)c3n(c2n1)CCNc1ccccc1-3.O=C=O.O=C=O. The molecule has 304 valence electrons. The second-order valence-electron chi connectivity index (χ2n) is 15.7. The van der Waals surface area contributed by atoms with Crippen LogP contribution < -0.4 is 10.6 Å². The summed E-state index contributed by atoms with van der Waals surface area (Å²) in [6, 6.07) is 26.0.